The quantitative estimate of drug-likeness (QED) is 0.648. The lowest BCUT2D eigenvalue weighted by Gasteiger charge is -2.08. The van der Waals surface area contributed by atoms with Gasteiger partial charge in [-0.1, -0.05) is 18.2 Å². The van der Waals surface area contributed by atoms with Crippen LogP contribution in [0, 0.1) is 0 Å². The molecule has 0 atom stereocenters. The molecule has 0 spiro atoms. The van der Waals surface area contributed by atoms with Gasteiger partial charge in [0.25, 0.3) is 0 Å². The highest BCUT2D eigenvalue weighted by molar-refractivity contribution is 6.17. The summed E-state index contributed by atoms with van der Waals surface area (Å²) in [6.07, 6.45) is 3.60. The van der Waals surface area contributed by atoms with Crippen LogP contribution in [0.3, 0.4) is 0 Å². The van der Waals surface area contributed by atoms with Gasteiger partial charge in [0.1, 0.15) is 0 Å². The van der Waals surface area contributed by atoms with Gasteiger partial charge in [-0.25, -0.2) is 9.67 Å². The van der Waals surface area contributed by atoms with Crippen LogP contribution in [0.25, 0.3) is 16.7 Å². The van der Waals surface area contributed by atoms with Gasteiger partial charge in [0.2, 0.25) is 0 Å². The maximum Gasteiger partial charge on any atom is 0.158 e. The maximum atomic E-state index is 5.97. The van der Waals surface area contributed by atoms with Crippen LogP contribution in [0.15, 0.2) is 48.8 Å². The Morgan fingerprint density at radius 2 is 2.06 bits per heavy atom. The highest BCUT2D eigenvalue weighted by Gasteiger charge is 2.07. The summed E-state index contributed by atoms with van der Waals surface area (Å²) in [7, 11) is 0. The molecule has 3 rings (SSSR count). The van der Waals surface area contributed by atoms with E-state index in [0.717, 1.165) is 22.3 Å². The van der Waals surface area contributed by atoms with E-state index in [1.807, 2.05) is 36.5 Å². The Morgan fingerprint density at radius 3 is 2.82 bits per heavy atom. The monoisotopic (exact) mass is 243 g/mol. The highest BCUT2D eigenvalue weighted by atomic mass is 35.5. The number of rotatable bonds is 2. The van der Waals surface area contributed by atoms with Gasteiger partial charge >= 0.3 is 0 Å². The van der Waals surface area contributed by atoms with Crippen LogP contribution in [0.5, 0.6) is 0 Å². The lowest BCUT2D eigenvalue weighted by atomic mass is 10.1. The van der Waals surface area contributed by atoms with Gasteiger partial charge < -0.3 is 0 Å². The van der Waals surface area contributed by atoms with Crippen molar-refractivity contribution >= 4 is 22.5 Å². The molecule has 0 bridgehead atoms. The average molecular weight is 244 g/mol. The second-order valence-electron chi connectivity index (χ2n) is 3.75. The third-order valence-electron chi connectivity index (χ3n) is 2.65. The second kappa shape index (κ2) is 4.18. The average Bonchev–Trinajstić information content (AvgIpc) is 2.91. The number of pyridine rings is 1. The Balaban J connectivity index is 2.29. The van der Waals surface area contributed by atoms with E-state index in [0.29, 0.717) is 5.88 Å². The first-order chi connectivity index (χ1) is 8.38. The van der Waals surface area contributed by atoms with E-state index in [4.69, 9.17) is 11.6 Å². The fourth-order valence-electron chi connectivity index (χ4n) is 1.84. The molecule has 17 heavy (non-hydrogen) atoms. The van der Waals surface area contributed by atoms with Crippen molar-refractivity contribution in [3.05, 3.63) is 54.4 Å². The maximum absolute atomic E-state index is 5.97. The van der Waals surface area contributed by atoms with Gasteiger partial charge in [-0.05, 0) is 18.2 Å². The van der Waals surface area contributed by atoms with Crippen LogP contribution in [-0.4, -0.2) is 14.8 Å². The molecule has 0 saturated heterocycles. The van der Waals surface area contributed by atoms with E-state index in [9.17, 15) is 0 Å². The molecule has 2 aromatic heterocycles. The number of nitrogens with zero attached hydrogens (tertiary/aromatic N) is 3. The van der Waals surface area contributed by atoms with E-state index >= 15 is 0 Å². The summed E-state index contributed by atoms with van der Waals surface area (Å²) >= 11 is 5.97. The Labute approximate surface area is 104 Å². The molecule has 3 nitrogen and oxygen atoms in total. The van der Waals surface area contributed by atoms with Crippen LogP contribution < -0.4 is 0 Å². The highest BCUT2D eigenvalue weighted by Crippen LogP contribution is 2.20. The third kappa shape index (κ3) is 1.78. The molecule has 3 aromatic rings. The number of halogens is 1. The minimum Gasteiger partial charge on any atom is -0.228 e. The Hall–Kier alpha value is -1.87. The molecule has 1 aromatic carbocycles. The molecule has 4 heteroatoms. The largest absolute Gasteiger partial charge is 0.228 e. The number of hydrogen-bond acceptors (Lipinski definition) is 2. The molecule has 0 saturated carbocycles. The molecular formula is C13H10ClN3. The first-order valence-corrected chi connectivity index (χ1v) is 5.86. The van der Waals surface area contributed by atoms with Gasteiger partial charge in [0, 0.05) is 23.3 Å². The molecule has 2 heterocycles. The van der Waals surface area contributed by atoms with Crippen LogP contribution in [0.1, 0.15) is 5.56 Å². The number of aromatic nitrogens is 3. The van der Waals surface area contributed by atoms with Crippen LogP contribution >= 0.6 is 11.6 Å². The summed E-state index contributed by atoms with van der Waals surface area (Å²) < 4.78 is 1.74. The van der Waals surface area contributed by atoms with Gasteiger partial charge in [-0.3, -0.25) is 0 Å². The molecular weight excluding hydrogens is 234 g/mol. The van der Waals surface area contributed by atoms with Crippen molar-refractivity contribution < 1.29 is 0 Å². The first kappa shape index (κ1) is 10.3. The summed E-state index contributed by atoms with van der Waals surface area (Å²) in [5, 5.41) is 5.29. The predicted molar refractivity (Wildman–Crippen MR) is 68.4 cm³/mol. The molecule has 0 radical (unpaired) electrons. The molecule has 84 valence electrons. The molecule has 0 N–H and O–H groups in total. The van der Waals surface area contributed by atoms with Crippen molar-refractivity contribution in [2.45, 2.75) is 5.88 Å². The summed E-state index contributed by atoms with van der Waals surface area (Å²) in [6, 6.07) is 11.9. The number of benzene rings is 1. The van der Waals surface area contributed by atoms with Crippen molar-refractivity contribution in [1.29, 1.82) is 0 Å². The predicted octanol–water partition coefficient (Wildman–Crippen LogP) is 3.16. The smallest absolute Gasteiger partial charge is 0.158 e. The lowest BCUT2D eigenvalue weighted by Crippen LogP contribution is -2.02. The summed E-state index contributed by atoms with van der Waals surface area (Å²) in [5.41, 5.74) is 1.93. The first-order valence-electron chi connectivity index (χ1n) is 5.33. The van der Waals surface area contributed by atoms with Crippen molar-refractivity contribution in [3.8, 4) is 5.82 Å². The SMILES string of the molecule is ClCc1cc2ccccc2nc1-n1cccn1. The van der Waals surface area contributed by atoms with E-state index in [1.54, 1.807) is 10.9 Å². The Bertz CT molecular complexity index is 647. The fraction of sp³-hybridized carbons (Fsp3) is 0.0769. The topological polar surface area (TPSA) is 30.7 Å². The summed E-state index contributed by atoms with van der Waals surface area (Å²) in [4.78, 5) is 4.60. The minimum atomic E-state index is 0.424. The van der Waals surface area contributed by atoms with E-state index in [-0.39, 0.29) is 0 Å². The van der Waals surface area contributed by atoms with Gasteiger partial charge in [0.05, 0.1) is 11.4 Å². The van der Waals surface area contributed by atoms with Crippen molar-refractivity contribution in [3.63, 3.8) is 0 Å². The minimum absolute atomic E-state index is 0.424. The fourth-order valence-corrected chi connectivity index (χ4v) is 2.04. The van der Waals surface area contributed by atoms with Crippen molar-refractivity contribution in [2.75, 3.05) is 0 Å². The normalized spacial score (nSPS) is 10.9. The van der Waals surface area contributed by atoms with E-state index in [1.165, 1.54) is 0 Å². The standard InChI is InChI=1S/C13H10ClN3/c14-9-11-8-10-4-1-2-5-12(10)16-13(11)17-7-3-6-15-17/h1-8H,9H2. The zero-order valence-corrected chi connectivity index (χ0v) is 9.80. The molecule has 0 aliphatic rings. The Morgan fingerprint density at radius 1 is 1.18 bits per heavy atom. The number of hydrogen-bond donors (Lipinski definition) is 0. The Kier molecular flexibility index (Phi) is 2.53. The summed E-state index contributed by atoms with van der Waals surface area (Å²) in [6.45, 7) is 0. The molecule has 0 aliphatic carbocycles. The van der Waals surface area contributed by atoms with Gasteiger partial charge in [-0.2, -0.15) is 5.10 Å². The molecule has 0 fully saturated rings. The zero-order chi connectivity index (χ0) is 11.7. The molecule has 0 aliphatic heterocycles. The van der Waals surface area contributed by atoms with Crippen LogP contribution in [0.4, 0.5) is 0 Å². The molecule has 0 amide bonds. The zero-order valence-electron chi connectivity index (χ0n) is 9.05. The van der Waals surface area contributed by atoms with E-state index < -0.39 is 0 Å². The van der Waals surface area contributed by atoms with Gasteiger partial charge in [0.15, 0.2) is 5.82 Å². The molecule has 0 unspecified atom stereocenters. The summed E-state index contributed by atoms with van der Waals surface area (Å²) in [5.74, 6) is 1.22. The third-order valence-corrected chi connectivity index (χ3v) is 2.93. The van der Waals surface area contributed by atoms with Crippen molar-refractivity contribution in [2.24, 2.45) is 0 Å². The number of para-hydroxylation sites is 1. The number of alkyl halides is 1. The van der Waals surface area contributed by atoms with Crippen LogP contribution in [0.2, 0.25) is 0 Å². The van der Waals surface area contributed by atoms with Crippen LogP contribution in [-0.2, 0) is 5.88 Å². The second-order valence-corrected chi connectivity index (χ2v) is 4.02. The van der Waals surface area contributed by atoms with Crippen molar-refractivity contribution in [1.82, 2.24) is 14.8 Å². The lowest BCUT2D eigenvalue weighted by molar-refractivity contribution is 0.842. The van der Waals surface area contributed by atoms with E-state index in [2.05, 4.69) is 16.1 Å². The number of fused-ring (bicyclic) bond motifs is 1. The van der Waals surface area contributed by atoms with Gasteiger partial charge in [-0.15, -0.1) is 11.6 Å².